The number of carbonyl (C=O) groups is 1. The highest BCUT2D eigenvalue weighted by Gasteiger charge is 2.40. The maximum atomic E-state index is 13.2. The number of nitrogens with zero attached hydrogens (tertiary/aromatic N) is 5. The highest BCUT2D eigenvalue weighted by molar-refractivity contribution is 7.88. The minimum atomic E-state index is -3.34. The van der Waals surface area contributed by atoms with Crippen LogP contribution in [0, 0.1) is 13.8 Å². The van der Waals surface area contributed by atoms with Crippen molar-refractivity contribution in [3.05, 3.63) is 58.7 Å². The molecule has 2 unspecified atom stereocenters. The summed E-state index contributed by atoms with van der Waals surface area (Å²) in [5, 5.41) is 4.51. The lowest BCUT2D eigenvalue weighted by Gasteiger charge is -2.27. The molecule has 10 nitrogen and oxygen atoms in total. The number of ether oxygens (including phenoxy) is 1. The van der Waals surface area contributed by atoms with Crippen LogP contribution in [0.1, 0.15) is 48.6 Å². The van der Waals surface area contributed by atoms with Crippen LogP contribution >= 0.6 is 11.6 Å². The highest BCUT2D eigenvalue weighted by Crippen LogP contribution is 2.42. The molecule has 2 saturated heterocycles. The molecule has 4 aromatic rings. The van der Waals surface area contributed by atoms with Crippen molar-refractivity contribution in [2.75, 3.05) is 31.4 Å². The van der Waals surface area contributed by atoms with Crippen molar-refractivity contribution in [1.29, 1.82) is 0 Å². The van der Waals surface area contributed by atoms with E-state index >= 15 is 0 Å². The number of hydrogen-bond donors (Lipinski definition) is 0. The second-order valence-corrected chi connectivity index (χ2v) is 12.8. The molecule has 0 radical (unpaired) electrons. The van der Waals surface area contributed by atoms with E-state index in [1.165, 1.54) is 10.6 Å². The molecule has 4 heterocycles. The smallest absolute Gasteiger partial charge is 0.227 e. The predicted molar refractivity (Wildman–Crippen MR) is 152 cm³/mol. The van der Waals surface area contributed by atoms with Crippen LogP contribution in [-0.4, -0.2) is 59.8 Å². The number of rotatable bonds is 6. The van der Waals surface area contributed by atoms with E-state index in [0.29, 0.717) is 48.8 Å². The van der Waals surface area contributed by atoms with Crippen LogP contribution in [0.5, 0.6) is 5.75 Å². The number of benzene rings is 2. The molecule has 2 atom stereocenters. The number of carbonyl (C=O) groups excluding carboxylic acids is 1. The first kappa shape index (κ1) is 26.8. The largest absolute Gasteiger partial charge is 0.495 e. The SMILES string of the molecule is COc1ccc(N2C(=O)CCC2c2nc3cc(-c4c(C)noc4C)ccc3n2C2CCN(S(C)(=O)=O)C2)cc1Cl. The van der Waals surface area contributed by atoms with E-state index in [-0.39, 0.29) is 18.0 Å². The van der Waals surface area contributed by atoms with Crippen LogP contribution in [0.25, 0.3) is 22.2 Å². The van der Waals surface area contributed by atoms with Gasteiger partial charge in [0.1, 0.15) is 17.3 Å². The first-order valence-corrected chi connectivity index (χ1v) is 15.3. The molecule has 0 spiro atoms. The van der Waals surface area contributed by atoms with Gasteiger partial charge in [-0.05, 0) is 62.6 Å². The first-order valence-electron chi connectivity index (χ1n) is 13.1. The quantitative estimate of drug-likeness (QED) is 0.312. The van der Waals surface area contributed by atoms with Gasteiger partial charge in [0, 0.05) is 30.8 Å². The Balaban J connectivity index is 1.50. The Bertz CT molecular complexity index is 1730. The minimum absolute atomic E-state index is 0.0227. The summed E-state index contributed by atoms with van der Waals surface area (Å²) in [7, 11) is -1.79. The Morgan fingerprint density at radius 2 is 1.93 bits per heavy atom. The van der Waals surface area contributed by atoms with Crippen molar-refractivity contribution in [2.45, 2.75) is 45.2 Å². The van der Waals surface area contributed by atoms with Crippen molar-refractivity contribution in [3.8, 4) is 16.9 Å². The third kappa shape index (κ3) is 4.46. The summed E-state index contributed by atoms with van der Waals surface area (Å²) in [6.07, 6.45) is 2.82. The maximum Gasteiger partial charge on any atom is 0.227 e. The molecule has 0 bridgehead atoms. The number of fused-ring (bicyclic) bond motifs is 1. The van der Waals surface area contributed by atoms with Crippen LogP contribution in [0.4, 0.5) is 5.69 Å². The van der Waals surface area contributed by atoms with Gasteiger partial charge in [0.25, 0.3) is 0 Å². The lowest BCUT2D eigenvalue weighted by atomic mass is 10.0. The van der Waals surface area contributed by atoms with Crippen molar-refractivity contribution < 1.29 is 22.5 Å². The maximum absolute atomic E-state index is 13.2. The Morgan fingerprint density at radius 1 is 1.12 bits per heavy atom. The Labute approximate surface area is 237 Å². The summed E-state index contributed by atoms with van der Waals surface area (Å²) >= 11 is 6.44. The van der Waals surface area contributed by atoms with Gasteiger partial charge in [-0.15, -0.1) is 0 Å². The third-order valence-corrected chi connectivity index (χ3v) is 9.49. The molecule has 2 fully saturated rings. The van der Waals surface area contributed by atoms with Crippen molar-refractivity contribution in [2.24, 2.45) is 0 Å². The molecule has 0 aliphatic carbocycles. The molecule has 1 amide bonds. The van der Waals surface area contributed by atoms with E-state index in [9.17, 15) is 13.2 Å². The average Bonchev–Trinajstić information content (AvgIpc) is 3.68. The zero-order chi connectivity index (χ0) is 28.3. The van der Waals surface area contributed by atoms with E-state index in [1.54, 1.807) is 24.1 Å². The van der Waals surface area contributed by atoms with Gasteiger partial charge in [-0.25, -0.2) is 17.7 Å². The Hall–Kier alpha value is -3.41. The number of methoxy groups -OCH3 is 1. The normalized spacial score (nSPS) is 20.2. The van der Waals surface area contributed by atoms with E-state index < -0.39 is 10.0 Å². The standard InChI is InChI=1S/C28H30ClN5O5S/c1-16-27(17(2)39-31-16)18-5-7-23-22(13-18)30-28(34(23)20-11-12-32(15-20)40(4,36)37)24-8-10-26(35)33(24)19-6-9-25(38-3)21(29)14-19/h5-7,9,13-14,20,24H,8,10-12,15H2,1-4H3. The van der Waals surface area contributed by atoms with Crippen molar-refractivity contribution in [1.82, 2.24) is 19.0 Å². The number of imidazole rings is 1. The van der Waals surface area contributed by atoms with Gasteiger partial charge in [0.15, 0.2) is 0 Å². The number of halogens is 1. The second-order valence-electron chi connectivity index (χ2n) is 10.4. The zero-order valence-corrected chi connectivity index (χ0v) is 24.3. The number of aryl methyl sites for hydroxylation is 2. The molecular weight excluding hydrogens is 554 g/mol. The molecule has 2 aliphatic heterocycles. The fourth-order valence-electron chi connectivity index (χ4n) is 6.07. The van der Waals surface area contributed by atoms with Crippen LogP contribution in [0.15, 0.2) is 40.9 Å². The van der Waals surface area contributed by atoms with Crippen molar-refractivity contribution in [3.63, 3.8) is 0 Å². The van der Waals surface area contributed by atoms with Crippen molar-refractivity contribution >= 4 is 44.3 Å². The fourth-order valence-corrected chi connectivity index (χ4v) is 7.20. The number of sulfonamides is 1. The molecule has 12 heteroatoms. The Kier molecular flexibility index (Phi) is 6.63. The molecule has 0 N–H and O–H groups in total. The minimum Gasteiger partial charge on any atom is -0.495 e. The first-order chi connectivity index (χ1) is 19.1. The summed E-state index contributed by atoms with van der Waals surface area (Å²) in [5.74, 6) is 1.95. The molecule has 40 heavy (non-hydrogen) atoms. The topological polar surface area (TPSA) is 111 Å². The zero-order valence-electron chi connectivity index (χ0n) is 22.7. The van der Waals surface area contributed by atoms with E-state index in [4.69, 9.17) is 25.8 Å². The second kappa shape index (κ2) is 9.90. The van der Waals surface area contributed by atoms with Gasteiger partial charge < -0.3 is 18.7 Å². The summed E-state index contributed by atoms with van der Waals surface area (Å²) in [6.45, 7) is 4.56. The summed E-state index contributed by atoms with van der Waals surface area (Å²) < 4.78 is 39.1. The van der Waals surface area contributed by atoms with Crippen LogP contribution in [0.3, 0.4) is 0 Å². The fraction of sp³-hybridized carbons (Fsp3) is 0.393. The van der Waals surface area contributed by atoms with Gasteiger partial charge in [-0.3, -0.25) is 4.79 Å². The van der Waals surface area contributed by atoms with E-state index in [1.807, 2.05) is 38.1 Å². The van der Waals surface area contributed by atoms with Crippen LogP contribution in [0.2, 0.25) is 5.02 Å². The van der Waals surface area contributed by atoms with Gasteiger partial charge >= 0.3 is 0 Å². The van der Waals surface area contributed by atoms with E-state index in [0.717, 1.165) is 39.4 Å². The molecule has 210 valence electrons. The third-order valence-electron chi connectivity index (χ3n) is 7.92. The van der Waals surface area contributed by atoms with Gasteiger partial charge in [0.05, 0.1) is 47.2 Å². The van der Waals surface area contributed by atoms with Gasteiger partial charge in [-0.1, -0.05) is 22.8 Å². The number of anilines is 1. The summed E-state index contributed by atoms with van der Waals surface area (Å²) in [6, 6.07) is 10.9. The van der Waals surface area contributed by atoms with Crippen LogP contribution in [-0.2, 0) is 14.8 Å². The van der Waals surface area contributed by atoms with Crippen LogP contribution < -0.4 is 9.64 Å². The number of amides is 1. The molecule has 2 aromatic carbocycles. The lowest BCUT2D eigenvalue weighted by molar-refractivity contribution is -0.117. The number of hydrogen-bond acceptors (Lipinski definition) is 7. The highest BCUT2D eigenvalue weighted by atomic mass is 35.5. The monoisotopic (exact) mass is 583 g/mol. The molecule has 0 saturated carbocycles. The van der Waals surface area contributed by atoms with Gasteiger partial charge in [-0.2, -0.15) is 0 Å². The average molecular weight is 584 g/mol. The van der Waals surface area contributed by atoms with Gasteiger partial charge in [0.2, 0.25) is 15.9 Å². The Morgan fingerprint density at radius 3 is 2.58 bits per heavy atom. The molecule has 2 aromatic heterocycles. The predicted octanol–water partition coefficient (Wildman–Crippen LogP) is 5.04. The summed E-state index contributed by atoms with van der Waals surface area (Å²) in [4.78, 5) is 20.1. The lowest BCUT2D eigenvalue weighted by Crippen LogP contribution is -2.31. The van der Waals surface area contributed by atoms with E-state index in [2.05, 4.69) is 9.72 Å². The molecular formula is C28H30ClN5O5S. The molecule has 6 rings (SSSR count). The molecule has 2 aliphatic rings. The number of aromatic nitrogens is 3. The summed E-state index contributed by atoms with van der Waals surface area (Å²) in [5.41, 5.74) is 4.96.